The monoisotopic (exact) mass is 334 g/mol. The van der Waals surface area contributed by atoms with Gasteiger partial charge in [0, 0.05) is 5.92 Å². The average Bonchev–Trinajstić information content (AvgIpc) is 2.52. The molecule has 4 N–H and O–H groups in total. The summed E-state index contributed by atoms with van der Waals surface area (Å²) in [5.41, 5.74) is 0. The largest absolute Gasteiger partial charge is 0.480 e. The Bertz CT molecular complexity index is 338. The second-order valence-electron chi connectivity index (χ2n) is 5.39. The average molecular weight is 334 g/mol. The summed E-state index contributed by atoms with van der Waals surface area (Å²) in [4.78, 5) is 21.1. The van der Waals surface area contributed by atoms with E-state index in [4.69, 9.17) is 14.9 Å². The van der Waals surface area contributed by atoms with Crippen molar-refractivity contribution in [2.24, 2.45) is 11.8 Å². The van der Waals surface area contributed by atoms with Gasteiger partial charge in [0.05, 0.1) is 12.8 Å². The molecule has 0 saturated carbocycles. The van der Waals surface area contributed by atoms with Crippen LogP contribution in [0.25, 0.3) is 0 Å². The van der Waals surface area contributed by atoms with Gasteiger partial charge < -0.3 is 20.3 Å². The third-order valence-corrected chi connectivity index (χ3v) is 3.97. The zero-order valence-electron chi connectivity index (χ0n) is 15.4. The van der Waals surface area contributed by atoms with Crippen molar-refractivity contribution in [2.45, 2.75) is 66.2 Å². The third kappa shape index (κ3) is 8.88. The lowest BCUT2D eigenvalue weighted by Gasteiger charge is -2.32. The minimum absolute atomic E-state index is 0.0253. The van der Waals surface area contributed by atoms with Gasteiger partial charge in [0.1, 0.15) is 12.1 Å². The number of hydrogen-bond donors (Lipinski definition) is 4. The summed E-state index contributed by atoms with van der Waals surface area (Å²) in [7, 11) is 1.67. The summed E-state index contributed by atoms with van der Waals surface area (Å²) < 4.78 is 5.20. The Hall–Kier alpha value is -1.18. The van der Waals surface area contributed by atoms with Gasteiger partial charge >= 0.3 is 11.9 Å². The van der Waals surface area contributed by atoms with Crippen LogP contribution in [0.15, 0.2) is 0 Å². The first-order valence-corrected chi connectivity index (χ1v) is 8.24. The van der Waals surface area contributed by atoms with Crippen molar-refractivity contribution in [1.82, 2.24) is 10.6 Å². The lowest BCUT2D eigenvalue weighted by molar-refractivity contribution is -0.147. The third-order valence-electron chi connectivity index (χ3n) is 3.97. The predicted molar refractivity (Wildman–Crippen MR) is 90.4 cm³/mol. The lowest BCUT2D eigenvalue weighted by atomic mass is 9.96. The van der Waals surface area contributed by atoms with E-state index in [0.29, 0.717) is 6.73 Å². The minimum Gasteiger partial charge on any atom is -0.480 e. The number of likely N-dealkylation sites (N-methyl/N-ethyl adjacent to an activating group) is 1. The number of carboxylic acids is 2. The first kappa shape index (κ1) is 24.1. The zero-order chi connectivity index (χ0) is 18.6. The van der Waals surface area contributed by atoms with Crippen molar-refractivity contribution >= 4 is 11.9 Å². The summed E-state index contributed by atoms with van der Waals surface area (Å²) >= 11 is 0. The van der Waals surface area contributed by atoms with E-state index in [1.165, 1.54) is 0 Å². The molecule has 0 amide bonds. The Labute approximate surface area is 139 Å². The van der Waals surface area contributed by atoms with Crippen molar-refractivity contribution in [3.63, 3.8) is 0 Å². The highest BCUT2D eigenvalue weighted by atomic mass is 16.5. The van der Waals surface area contributed by atoms with Crippen LogP contribution in [0.2, 0.25) is 0 Å². The van der Waals surface area contributed by atoms with E-state index in [1.54, 1.807) is 7.05 Å². The molecule has 1 heterocycles. The quantitative estimate of drug-likeness (QED) is 0.607. The number of aliphatic carboxylic acids is 2. The van der Waals surface area contributed by atoms with E-state index in [1.807, 2.05) is 41.5 Å². The summed E-state index contributed by atoms with van der Waals surface area (Å²) in [5.74, 6) is -1.34. The fraction of sp³-hybridized carbons (Fsp3) is 0.875. The highest BCUT2D eigenvalue weighted by Crippen LogP contribution is 2.15. The number of hydrogen-bond acceptors (Lipinski definition) is 5. The molecule has 1 rings (SSSR count). The molecule has 0 aromatic carbocycles. The molecular weight excluding hydrogens is 300 g/mol. The van der Waals surface area contributed by atoms with Crippen molar-refractivity contribution in [3.05, 3.63) is 0 Å². The van der Waals surface area contributed by atoms with Crippen molar-refractivity contribution in [2.75, 3.05) is 13.8 Å². The standard InChI is InChI=1S/C7H13NO3.C7H15NO2.C2H6/c1-4-5(2)11-3-8-6(4)7(9)10;1-4-5(2)6(8-3)7(9)10;1-2/h4-6,8H,3H2,1-2H3,(H,9,10);5-6,8H,4H2,1-3H3,(H,9,10);1-2H3. The van der Waals surface area contributed by atoms with Gasteiger partial charge in [-0.3, -0.25) is 14.9 Å². The molecule has 7 heteroatoms. The van der Waals surface area contributed by atoms with Crippen LogP contribution < -0.4 is 10.6 Å². The van der Waals surface area contributed by atoms with Gasteiger partial charge in [-0.05, 0) is 19.9 Å². The number of carboxylic acid groups (broad SMARTS) is 2. The van der Waals surface area contributed by atoms with E-state index >= 15 is 0 Å². The molecule has 23 heavy (non-hydrogen) atoms. The predicted octanol–water partition coefficient (Wildman–Crippen LogP) is 1.77. The highest BCUT2D eigenvalue weighted by Gasteiger charge is 2.32. The molecule has 138 valence electrons. The Balaban J connectivity index is 0. The van der Waals surface area contributed by atoms with E-state index in [9.17, 15) is 9.59 Å². The van der Waals surface area contributed by atoms with Gasteiger partial charge in [0.2, 0.25) is 0 Å². The van der Waals surface area contributed by atoms with Crippen molar-refractivity contribution < 1.29 is 24.5 Å². The fourth-order valence-electron chi connectivity index (χ4n) is 2.08. The Morgan fingerprint density at radius 3 is 2.09 bits per heavy atom. The molecular formula is C16H34N2O5. The van der Waals surface area contributed by atoms with Gasteiger partial charge in [-0.1, -0.05) is 41.0 Å². The topological polar surface area (TPSA) is 108 Å². The first-order valence-electron chi connectivity index (χ1n) is 8.24. The Morgan fingerprint density at radius 1 is 1.30 bits per heavy atom. The molecule has 1 aliphatic rings. The molecule has 0 aliphatic carbocycles. The number of rotatable bonds is 5. The molecule has 0 aromatic rings. The van der Waals surface area contributed by atoms with Crippen molar-refractivity contribution in [3.8, 4) is 0 Å². The van der Waals surface area contributed by atoms with Crippen LogP contribution in [0.1, 0.15) is 48.0 Å². The molecule has 5 atom stereocenters. The van der Waals surface area contributed by atoms with Gasteiger partial charge in [-0.15, -0.1) is 0 Å². The minimum atomic E-state index is -0.798. The summed E-state index contributed by atoms with van der Waals surface area (Å²) in [6.45, 7) is 12.0. The van der Waals surface area contributed by atoms with Crippen LogP contribution in [0, 0.1) is 11.8 Å². The molecule has 5 unspecified atom stereocenters. The molecule has 0 radical (unpaired) electrons. The lowest BCUT2D eigenvalue weighted by Crippen LogP contribution is -2.52. The summed E-state index contributed by atoms with van der Waals surface area (Å²) in [6, 6.07) is -0.858. The van der Waals surface area contributed by atoms with Gasteiger partial charge in [-0.2, -0.15) is 0 Å². The second-order valence-corrected chi connectivity index (χ2v) is 5.39. The molecule has 0 bridgehead atoms. The van der Waals surface area contributed by atoms with Crippen LogP contribution in [-0.2, 0) is 14.3 Å². The van der Waals surface area contributed by atoms with E-state index in [2.05, 4.69) is 10.6 Å². The van der Waals surface area contributed by atoms with Crippen LogP contribution in [0.5, 0.6) is 0 Å². The number of ether oxygens (including phenoxy) is 1. The first-order chi connectivity index (χ1) is 10.8. The van der Waals surface area contributed by atoms with Crippen LogP contribution in [0.4, 0.5) is 0 Å². The second kappa shape index (κ2) is 13.3. The van der Waals surface area contributed by atoms with E-state index in [-0.39, 0.29) is 17.9 Å². The molecule has 0 aromatic heterocycles. The van der Waals surface area contributed by atoms with Crippen LogP contribution in [0.3, 0.4) is 0 Å². The Kier molecular flexibility index (Phi) is 13.9. The smallest absolute Gasteiger partial charge is 0.321 e. The van der Waals surface area contributed by atoms with E-state index < -0.39 is 24.0 Å². The maximum absolute atomic E-state index is 10.6. The number of carbonyl (C=O) groups is 2. The van der Waals surface area contributed by atoms with E-state index in [0.717, 1.165) is 6.42 Å². The molecule has 0 spiro atoms. The molecule has 1 saturated heterocycles. The summed E-state index contributed by atoms with van der Waals surface area (Å²) in [5, 5.41) is 22.9. The summed E-state index contributed by atoms with van der Waals surface area (Å²) in [6.07, 6.45) is 0.912. The normalized spacial score (nSPS) is 25.8. The number of nitrogens with one attached hydrogen (secondary N) is 2. The maximum Gasteiger partial charge on any atom is 0.321 e. The zero-order valence-corrected chi connectivity index (χ0v) is 15.4. The van der Waals surface area contributed by atoms with Crippen molar-refractivity contribution in [1.29, 1.82) is 0 Å². The Morgan fingerprint density at radius 2 is 1.83 bits per heavy atom. The molecule has 1 aliphatic heterocycles. The van der Waals surface area contributed by atoms with Gasteiger partial charge in [0.15, 0.2) is 0 Å². The van der Waals surface area contributed by atoms with Crippen LogP contribution in [-0.4, -0.2) is 54.1 Å². The maximum atomic E-state index is 10.6. The van der Waals surface area contributed by atoms with Crippen LogP contribution >= 0.6 is 0 Å². The molecule has 7 nitrogen and oxygen atoms in total. The SMILES string of the molecule is CC.CC1OCNC(C(=O)O)C1C.CCC(C)C(NC)C(=O)O. The van der Waals surface area contributed by atoms with Gasteiger partial charge in [-0.25, -0.2) is 0 Å². The highest BCUT2D eigenvalue weighted by molar-refractivity contribution is 5.74. The fourth-order valence-corrected chi connectivity index (χ4v) is 2.08. The molecule has 1 fully saturated rings. The van der Waals surface area contributed by atoms with Gasteiger partial charge in [0.25, 0.3) is 0 Å².